The molecule has 17 nitrogen and oxygen atoms in total. The van der Waals surface area contributed by atoms with Crippen molar-refractivity contribution in [2.75, 3.05) is 39.6 Å². The molecule has 0 amide bonds. The third kappa shape index (κ3) is 70.7. The molecule has 5 atom stereocenters. The van der Waals surface area contributed by atoms with Gasteiger partial charge in [-0.05, 0) is 122 Å². The first-order valence-corrected chi connectivity index (χ1v) is 41.8. The van der Waals surface area contributed by atoms with E-state index in [2.05, 4.69) is 101 Å². The van der Waals surface area contributed by atoms with Gasteiger partial charge in [0, 0.05) is 25.7 Å². The third-order valence-corrected chi connectivity index (χ3v) is 18.2. The van der Waals surface area contributed by atoms with Crippen molar-refractivity contribution in [3.8, 4) is 0 Å². The Morgan fingerprint density at radius 1 is 0.286 bits per heavy atom. The van der Waals surface area contributed by atoms with Gasteiger partial charge in [0.1, 0.15) is 19.3 Å². The lowest BCUT2D eigenvalue weighted by Gasteiger charge is -2.21. The van der Waals surface area contributed by atoms with E-state index in [4.69, 9.17) is 37.0 Å². The van der Waals surface area contributed by atoms with Crippen molar-refractivity contribution in [2.24, 2.45) is 0 Å². The maximum Gasteiger partial charge on any atom is 0.472 e. The lowest BCUT2D eigenvalue weighted by Crippen LogP contribution is -2.30. The molecule has 0 aromatic rings. The maximum absolute atomic E-state index is 13.1. The Bertz CT molecular complexity index is 2190. The van der Waals surface area contributed by atoms with Gasteiger partial charge in [-0.25, -0.2) is 9.13 Å². The number of unbranched alkanes of at least 4 members (excludes halogenated alkanes) is 33. The fraction of sp³-hybridized carbons (Fsp3) is 0.772. The molecule has 0 saturated heterocycles. The highest BCUT2D eigenvalue weighted by Crippen LogP contribution is 2.45. The van der Waals surface area contributed by atoms with Crippen LogP contribution in [0.5, 0.6) is 0 Å². The van der Waals surface area contributed by atoms with E-state index in [1.54, 1.807) is 0 Å². The molecule has 0 heterocycles. The summed E-state index contributed by atoms with van der Waals surface area (Å²) in [5, 5.41) is 10.6. The predicted molar refractivity (Wildman–Crippen MR) is 399 cm³/mol. The molecule has 98 heavy (non-hydrogen) atoms. The molecule has 0 aliphatic carbocycles. The Hall–Kier alpha value is -3.76. The van der Waals surface area contributed by atoms with Gasteiger partial charge >= 0.3 is 39.5 Å². The lowest BCUT2D eigenvalue weighted by molar-refractivity contribution is -0.161. The van der Waals surface area contributed by atoms with E-state index in [1.807, 2.05) is 12.2 Å². The number of carbonyl (C=O) groups is 4. The van der Waals surface area contributed by atoms with Crippen LogP contribution in [0.4, 0.5) is 0 Å². The van der Waals surface area contributed by atoms with Crippen molar-refractivity contribution < 1.29 is 80.2 Å². The number of ether oxygens (including phenoxy) is 4. The van der Waals surface area contributed by atoms with Gasteiger partial charge in [-0.15, -0.1) is 0 Å². The summed E-state index contributed by atoms with van der Waals surface area (Å²) in [6.07, 6.45) is 72.9. The Balaban J connectivity index is 5.38. The summed E-state index contributed by atoms with van der Waals surface area (Å²) < 4.78 is 68.4. The predicted octanol–water partition coefficient (Wildman–Crippen LogP) is 22.2. The Labute approximate surface area is 595 Å². The van der Waals surface area contributed by atoms with Crippen LogP contribution in [0.2, 0.25) is 0 Å². The molecule has 568 valence electrons. The fourth-order valence-corrected chi connectivity index (χ4v) is 11.9. The SMILES string of the molecule is CCCCC/C=C\C/C=C\C/C=C\C/C=C\CCCC(=O)OC[C@H](COP(=O)(O)OC[C@@H](O)COP(=O)(O)OC[C@@H](COC(=O)CCCCCCC/C=C\C/C=C\CCCCC)OC(=O)CCCCCCC/C=C\CCCCCC)OC(=O)CCCCCCCCCCCCCCC. The second-order valence-electron chi connectivity index (χ2n) is 25.9. The zero-order valence-corrected chi connectivity index (χ0v) is 63.7. The topological polar surface area (TPSA) is 237 Å². The van der Waals surface area contributed by atoms with Crippen LogP contribution in [0.15, 0.2) is 85.1 Å². The molecule has 0 bridgehead atoms. The molecule has 0 radical (unpaired) electrons. The standard InChI is InChI=1S/C79H140O17P2/c1-5-9-13-17-21-25-29-33-35-36-38-42-44-48-52-56-60-64-77(82)90-70-75(96-79(84)66-62-58-54-50-46-40-32-28-24-20-16-12-8-4)72-94-98(87,88)92-68-73(80)67-91-97(85,86)93-71-74(95-78(83)65-61-57-53-49-45-39-31-27-23-19-15-11-7-3)69-89-76(81)63-59-55-51-47-43-41-37-34-30-26-22-18-14-10-6-2/h21-22,25-27,31,33-35,37-38,42,48,52,73-75,80H,5-20,23-24,28-30,32,36,39-41,43-47,49-51,53-72H2,1-4H3,(H,85,86)(H,87,88)/b25-21-,26-22-,31-27-,35-33-,37-34-,42-38-,52-48-/t73-,74+,75+/m0/s1. The van der Waals surface area contributed by atoms with Gasteiger partial charge in [0.05, 0.1) is 26.4 Å². The summed E-state index contributed by atoms with van der Waals surface area (Å²) >= 11 is 0. The number of allylic oxidation sites excluding steroid dienone is 14. The average Bonchev–Trinajstić information content (AvgIpc) is 0.969. The van der Waals surface area contributed by atoms with E-state index in [1.165, 1.54) is 116 Å². The first-order valence-electron chi connectivity index (χ1n) is 38.8. The highest BCUT2D eigenvalue weighted by atomic mass is 31.2. The monoisotopic (exact) mass is 1420 g/mol. The van der Waals surface area contributed by atoms with Crippen LogP contribution >= 0.6 is 15.6 Å². The number of phosphoric acid groups is 2. The van der Waals surface area contributed by atoms with Gasteiger partial charge in [-0.2, -0.15) is 0 Å². The fourth-order valence-electron chi connectivity index (χ4n) is 10.4. The van der Waals surface area contributed by atoms with Gasteiger partial charge in [0.25, 0.3) is 0 Å². The highest BCUT2D eigenvalue weighted by Gasteiger charge is 2.30. The second kappa shape index (κ2) is 71.6. The smallest absolute Gasteiger partial charge is 0.462 e. The molecule has 3 N–H and O–H groups in total. The van der Waals surface area contributed by atoms with E-state index in [0.717, 1.165) is 135 Å². The van der Waals surface area contributed by atoms with Crippen molar-refractivity contribution in [3.05, 3.63) is 85.1 Å². The Morgan fingerprint density at radius 3 is 0.847 bits per heavy atom. The molecular weight excluding hydrogens is 1280 g/mol. The van der Waals surface area contributed by atoms with Crippen molar-refractivity contribution in [2.45, 2.75) is 354 Å². The van der Waals surface area contributed by atoms with Crippen molar-refractivity contribution in [1.29, 1.82) is 0 Å². The molecule has 0 aromatic carbocycles. The molecule has 2 unspecified atom stereocenters. The number of hydrogen-bond donors (Lipinski definition) is 3. The number of phosphoric ester groups is 2. The molecule has 0 spiro atoms. The van der Waals surface area contributed by atoms with Crippen LogP contribution in [-0.4, -0.2) is 96.7 Å². The van der Waals surface area contributed by atoms with E-state index < -0.39 is 97.5 Å². The minimum Gasteiger partial charge on any atom is -0.462 e. The number of esters is 4. The van der Waals surface area contributed by atoms with Crippen molar-refractivity contribution in [1.82, 2.24) is 0 Å². The molecule has 0 saturated carbocycles. The van der Waals surface area contributed by atoms with Crippen LogP contribution in [0.3, 0.4) is 0 Å². The van der Waals surface area contributed by atoms with Gasteiger partial charge in [0.2, 0.25) is 0 Å². The van der Waals surface area contributed by atoms with E-state index >= 15 is 0 Å². The summed E-state index contributed by atoms with van der Waals surface area (Å²) in [4.78, 5) is 72.8. The van der Waals surface area contributed by atoms with E-state index in [9.17, 15) is 43.2 Å². The summed E-state index contributed by atoms with van der Waals surface area (Å²) in [7, 11) is -9.96. The minimum atomic E-state index is -4.98. The Kier molecular flexibility index (Phi) is 68.9. The van der Waals surface area contributed by atoms with Crippen LogP contribution in [0.25, 0.3) is 0 Å². The van der Waals surface area contributed by atoms with E-state index in [0.29, 0.717) is 32.1 Å². The van der Waals surface area contributed by atoms with Crippen molar-refractivity contribution >= 4 is 39.5 Å². The number of aliphatic hydroxyl groups is 1. The molecule has 0 rings (SSSR count). The minimum absolute atomic E-state index is 0.0824. The maximum atomic E-state index is 13.1. The quantitative estimate of drug-likeness (QED) is 0.0169. The van der Waals surface area contributed by atoms with Crippen LogP contribution in [0.1, 0.15) is 336 Å². The first-order chi connectivity index (χ1) is 47.7. The number of rotatable bonds is 73. The second-order valence-corrected chi connectivity index (χ2v) is 28.9. The Morgan fingerprint density at radius 2 is 0.510 bits per heavy atom. The van der Waals surface area contributed by atoms with Gasteiger partial charge in [-0.3, -0.25) is 37.3 Å². The molecule has 0 aliphatic heterocycles. The summed E-state index contributed by atoms with van der Waals surface area (Å²) in [6.45, 7) is 4.75. The van der Waals surface area contributed by atoms with Crippen LogP contribution < -0.4 is 0 Å². The third-order valence-electron chi connectivity index (χ3n) is 16.3. The lowest BCUT2D eigenvalue weighted by atomic mass is 10.0. The van der Waals surface area contributed by atoms with E-state index in [-0.39, 0.29) is 25.7 Å². The number of hydrogen-bond acceptors (Lipinski definition) is 15. The number of carbonyl (C=O) groups excluding carboxylic acids is 4. The largest absolute Gasteiger partial charge is 0.472 e. The zero-order chi connectivity index (χ0) is 71.8. The number of aliphatic hydroxyl groups excluding tert-OH is 1. The van der Waals surface area contributed by atoms with Crippen LogP contribution in [-0.2, 0) is 65.4 Å². The average molecular weight is 1420 g/mol. The van der Waals surface area contributed by atoms with Gasteiger partial charge in [-0.1, -0.05) is 273 Å². The zero-order valence-electron chi connectivity index (χ0n) is 62.0. The highest BCUT2D eigenvalue weighted by molar-refractivity contribution is 7.47. The van der Waals surface area contributed by atoms with Gasteiger partial charge < -0.3 is 33.8 Å². The first kappa shape index (κ1) is 94.2. The molecule has 19 heteroatoms. The van der Waals surface area contributed by atoms with Crippen molar-refractivity contribution in [3.63, 3.8) is 0 Å². The summed E-state index contributed by atoms with van der Waals surface area (Å²) in [5.41, 5.74) is 0. The van der Waals surface area contributed by atoms with Crippen LogP contribution in [0, 0.1) is 0 Å². The molecule has 0 aliphatic rings. The molecule has 0 fully saturated rings. The van der Waals surface area contributed by atoms with Gasteiger partial charge in [0.15, 0.2) is 12.2 Å². The summed E-state index contributed by atoms with van der Waals surface area (Å²) in [5.74, 6) is -2.24. The summed E-state index contributed by atoms with van der Waals surface area (Å²) in [6, 6.07) is 0. The molecular formula is C79H140O17P2. The molecule has 0 aromatic heterocycles. The normalized spacial score (nSPS) is 14.4.